The van der Waals surface area contributed by atoms with E-state index >= 15 is 0 Å². The zero-order valence-corrected chi connectivity index (χ0v) is 13.6. The van der Waals surface area contributed by atoms with Gasteiger partial charge in [-0.1, -0.05) is 24.3 Å². The number of pyridine rings is 1. The van der Waals surface area contributed by atoms with E-state index in [0.717, 1.165) is 6.07 Å². The Bertz CT molecular complexity index is 960. The second-order valence-electron chi connectivity index (χ2n) is 5.15. The van der Waals surface area contributed by atoms with Crippen LogP contribution in [0.3, 0.4) is 0 Å². The molecule has 0 saturated carbocycles. The fraction of sp³-hybridized carbons (Fsp3) is 0.0556. The SMILES string of the molecule is C=C/C(=C\C)Nc1cc(-c2cnc3[nH]cc(Cl)c3c2)cc(F)c1F. The van der Waals surface area contributed by atoms with E-state index in [4.69, 9.17) is 11.6 Å². The second-order valence-corrected chi connectivity index (χ2v) is 5.56. The number of hydrogen-bond acceptors (Lipinski definition) is 2. The van der Waals surface area contributed by atoms with E-state index in [9.17, 15) is 8.78 Å². The summed E-state index contributed by atoms with van der Waals surface area (Å²) in [5.74, 6) is -1.90. The highest BCUT2D eigenvalue weighted by Gasteiger charge is 2.13. The topological polar surface area (TPSA) is 40.7 Å². The van der Waals surface area contributed by atoms with Gasteiger partial charge < -0.3 is 10.3 Å². The quantitative estimate of drug-likeness (QED) is 0.599. The lowest BCUT2D eigenvalue weighted by Gasteiger charge is -2.11. The van der Waals surface area contributed by atoms with Gasteiger partial charge in [-0.15, -0.1) is 0 Å². The average Bonchev–Trinajstić information content (AvgIpc) is 2.96. The molecule has 2 heterocycles. The second kappa shape index (κ2) is 6.45. The molecule has 0 radical (unpaired) electrons. The number of nitrogens with one attached hydrogen (secondary N) is 2. The van der Waals surface area contributed by atoms with Gasteiger partial charge >= 0.3 is 0 Å². The number of halogens is 3. The lowest BCUT2D eigenvalue weighted by Crippen LogP contribution is -2.01. The average molecular weight is 346 g/mol. The van der Waals surface area contributed by atoms with Gasteiger partial charge in [0.25, 0.3) is 0 Å². The number of hydrogen-bond donors (Lipinski definition) is 2. The fourth-order valence-electron chi connectivity index (χ4n) is 2.37. The summed E-state index contributed by atoms with van der Waals surface area (Å²) in [6.07, 6.45) is 6.45. The summed E-state index contributed by atoms with van der Waals surface area (Å²) in [5, 5.41) is 4.05. The van der Waals surface area contributed by atoms with Crippen LogP contribution in [0.1, 0.15) is 6.92 Å². The Morgan fingerprint density at radius 2 is 2.08 bits per heavy atom. The lowest BCUT2D eigenvalue weighted by molar-refractivity contribution is 0.512. The molecule has 0 bridgehead atoms. The predicted molar refractivity (Wildman–Crippen MR) is 94.0 cm³/mol. The van der Waals surface area contributed by atoms with Crippen molar-refractivity contribution < 1.29 is 8.78 Å². The summed E-state index contributed by atoms with van der Waals surface area (Å²) in [6, 6.07) is 4.43. The maximum absolute atomic E-state index is 14.1. The summed E-state index contributed by atoms with van der Waals surface area (Å²) in [4.78, 5) is 7.18. The van der Waals surface area contributed by atoms with Crippen molar-refractivity contribution in [2.75, 3.05) is 5.32 Å². The molecule has 0 atom stereocenters. The molecule has 0 aliphatic heterocycles. The molecular weight excluding hydrogens is 332 g/mol. The van der Waals surface area contributed by atoms with Gasteiger partial charge in [-0.05, 0) is 36.8 Å². The third-order valence-corrected chi connectivity index (χ3v) is 3.96. The summed E-state index contributed by atoms with van der Waals surface area (Å²) >= 11 is 6.09. The molecule has 3 aromatic rings. The van der Waals surface area contributed by atoms with Gasteiger partial charge in [0, 0.05) is 29.0 Å². The zero-order chi connectivity index (χ0) is 17.3. The van der Waals surface area contributed by atoms with Crippen LogP contribution in [0.25, 0.3) is 22.2 Å². The fourth-order valence-corrected chi connectivity index (χ4v) is 2.57. The van der Waals surface area contributed by atoms with Gasteiger partial charge in [-0.25, -0.2) is 13.8 Å². The van der Waals surface area contributed by atoms with E-state index in [-0.39, 0.29) is 5.69 Å². The van der Waals surface area contributed by atoms with Crippen LogP contribution in [0.4, 0.5) is 14.5 Å². The van der Waals surface area contributed by atoms with Gasteiger partial charge in [-0.2, -0.15) is 0 Å². The van der Waals surface area contributed by atoms with Gasteiger partial charge in [-0.3, -0.25) is 0 Å². The van der Waals surface area contributed by atoms with Crippen molar-refractivity contribution in [3.05, 3.63) is 71.7 Å². The molecule has 3 nitrogen and oxygen atoms in total. The first-order valence-electron chi connectivity index (χ1n) is 7.21. The molecule has 3 rings (SSSR count). The van der Waals surface area contributed by atoms with Crippen LogP contribution >= 0.6 is 11.6 Å². The van der Waals surface area contributed by atoms with Crippen molar-refractivity contribution in [2.24, 2.45) is 0 Å². The molecule has 122 valence electrons. The van der Waals surface area contributed by atoms with Crippen LogP contribution in [0.2, 0.25) is 5.02 Å². The van der Waals surface area contributed by atoms with Crippen molar-refractivity contribution in [3.63, 3.8) is 0 Å². The van der Waals surface area contributed by atoms with E-state index < -0.39 is 11.6 Å². The standard InChI is InChI=1S/C18H14ClF2N3/c1-3-12(4-2)24-16-7-10(6-15(20)17(16)21)11-5-13-14(19)9-23-18(13)22-8-11/h3-9,24H,1H2,2H3,(H,22,23)/b12-4+. The molecule has 0 amide bonds. The van der Waals surface area contributed by atoms with E-state index in [1.54, 1.807) is 31.5 Å². The Kier molecular flexibility index (Phi) is 4.36. The summed E-state index contributed by atoms with van der Waals surface area (Å²) in [6.45, 7) is 5.40. The number of aromatic amines is 1. The first kappa shape index (κ1) is 16.2. The van der Waals surface area contributed by atoms with Crippen molar-refractivity contribution in [1.29, 1.82) is 0 Å². The van der Waals surface area contributed by atoms with Crippen LogP contribution in [-0.4, -0.2) is 9.97 Å². The molecule has 24 heavy (non-hydrogen) atoms. The Balaban J connectivity index is 2.11. The number of allylic oxidation sites excluding steroid dienone is 2. The van der Waals surface area contributed by atoms with Crippen LogP contribution in [0.15, 0.2) is 55.0 Å². The molecule has 0 saturated heterocycles. The first-order chi connectivity index (χ1) is 11.5. The number of anilines is 1. The number of benzene rings is 1. The number of nitrogens with zero attached hydrogens (tertiary/aromatic N) is 1. The Morgan fingerprint density at radius 1 is 1.29 bits per heavy atom. The minimum absolute atomic E-state index is 0.0262. The van der Waals surface area contributed by atoms with Crippen LogP contribution < -0.4 is 5.32 Å². The largest absolute Gasteiger partial charge is 0.353 e. The predicted octanol–water partition coefficient (Wildman–Crippen LogP) is 5.66. The van der Waals surface area contributed by atoms with Crippen molar-refractivity contribution in [3.8, 4) is 11.1 Å². The molecule has 1 aromatic carbocycles. The number of rotatable bonds is 4. The number of fused-ring (bicyclic) bond motifs is 1. The molecule has 2 aromatic heterocycles. The van der Waals surface area contributed by atoms with Gasteiger partial charge in [0.15, 0.2) is 11.6 Å². The normalized spacial score (nSPS) is 11.8. The third-order valence-electron chi connectivity index (χ3n) is 3.65. The maximum atomic E-state index is 14.1. The van der Waals surface area contributed by atoms with Gasteiger partial charge in [0.05, 0.1) is 10.7 Å². The lowest BCUT2D eigenvalue weighted by atomic mass is 10.1. The van der Waals surface area contributed by atoms with E-state index in [1.165, 1.54) is 12.1 Å². The highest BCUT2D eigenvalue weighted by atomic mass is 35.5. The number of aromatic nitrogens is 2. The summed E-state index contributed by atoms with van der Waals surface area (Å²) < 4.78 is 28.1. The molecule has 0 unspecified atom stereocenters. The Morgan fingerprint density at radius 3 is 2.79 bits per heavy atom. The molecule has 2 N–H and O–H groups in total. The van der Waals surface area contributed by atoms with Crippen molar-refractivity contribution in [2.45, 2.75) is 6.92 Å². The molecule has 0 aliphatic rings. The van der Waals surface area contributed by atoms with Gasteiger partial charge in [0.1, 0.15) is 5.65 Å². The maximum Gasteiger partial charge on any atom is 0.182 e. The Labute approximate surface area is 142 Å². The van der Waals surface area contributed by atoms with Crippen LogP contribution in [0, 0.1) is 11.6 Å². The van der Waals surface area contributed by atoms with E-state index in [1.807, 2.05) is 0 Å². The van der Waals surface area contributed by atoms with Crippen LogP contribution in [-0.2, 0) is 0 Å². The molecular formula is C18H14ClF2N3. The molecule has 0 aliphatic carbocycles. The molecule has 6 heteroatoms. The Hall–Kier alpha value is -2.66. The summed E-state index contributed by atoms with van der Waals surface area (Å²) in [7, 11) is 0. The molecule has 0 fully saturated rings. The third kappa shape index (κ3) is 2.90. The highest BCUT2D eigenvalue weighted by Crippen LogP contribution is 2.31. The number of H-pyrrole nitrogens is 1. The van der Waals surface area contributed by atoms with Crippen LogP contribution in [0.5, 0.6) is 0 Å². The van der Waals surface area contributed by atoms with Gasteiger partial charge in [0.2, 0.25) is 0 Å². The zero-order valence-electron chi connectivity index (χ0n) is 12.8. The summed E-state index contributed by atoms with van der Waals surface area (Å²) in [5.41, 5.74) is 2.35. The monoisotopic (exact) mass is 345 g/mol. The molecule has 0 spiro atoms. The van der Waals surface area contributed by atoms with E-state index in [2.05, 4.69) is 21.9 Å². The minimum atomic E-state index is -0.950. The van der Waals surface area contributed by atoms with E-state index in [0.29, 0.717) is 32.9 Å². The van der Waals surface area contributed by atoms with Crippen molar-refractivity contribution >= 4 is 28.3 Å². The van der Waals surface area contributed by atoms with Crippen molar-refractivity contribution in [1.82, 2.24) is 9.97 Å². The highest BCUT2D eigenvalue weighted by molar-refractivity contribution is 6.35. The smallest absolute Gasteiger partial charge is 0.182 e. The first-order valence-corrected chi connectivity index (χ1v) is 7.59. The minimum Gasteiger partial charge on any atom is -0.353 e.